The molecule has 0 atom stereocenters. The average Bonchev–Trinajstić information content (AvgIpc) is 2.82. The van der Waals surface area contributed by atoms with E-state index in [4.69, 9.17) is 0 Å². The monoisotopic (exact) mass is 382 g/mol. The van der Waals surface area contributed by atoms with Gasteiger partial charge in [0.15, 0.2) is 0 Å². The fourth-order valence-electron chi connectivity index (χ4n) is 3.51. The van der Waals surface area contributed by atoms with Crippen LogP contribution in [0.25, 0.3) is 21.5 Å². The van der Waals surface area contributed by atoms with E-state index in [0.29, 0.717) is 0 Å². The molecule has 30 heavy (non-hydrogen) atoms. The number of hydrogen-bond acceptors (Lipinski definition) is 2. The van der Waals surface area contributed by atoms with Crippen molar-refractivity contribution in [1.82, 2.24) is 4.98 Å². The third kappa shape index (κ3) is 3.70. The zero-order chi connectivity index (χ0) is 20.2. The van der Waals surface area contributed by atoms with Crippen LogP contribution in [0.3, 0.4) is 0 Å². The second-order valence-electron chi connectivity index (χ2n) is 7.00. The van der Waals surface area contributed by atoms with E-state index in [2.05, 4.69) is 76.4 Å². The highest BCUT2D eigenvalue weighted by Crippen LogP contribution is 2.27. The Hall–Kier alpha value is -4.22. The summed E-state index contributed by atoms with van der Waals surface area (Å²) in [6.45, 7) is 0. The first-order chi connectivity index (χ1) is 14.9. The van der Waals surface area contributed by atoms with Crippen molar-refractivity contribution in [2.24, 2.45) is 4.99 Å². The number of rotatable bonds is 2. The molecule has 0 saturated carbocycles. The largest absolute Gasteiger partial charge is 0.255 e. The van der Waals surface area contributed by atoms with Crippen molar-refractivity contribution in [3.05, 3.63) is 120 Å². The molecule has 0 unspecified atom stereocenters. The van der Waals surface area contributed by atoms with E-state index in [0.717, 1.165) is 22.5 Å². The van der Waals surface area contributed by atoms with Crippen LogP contribution < -0.4 is 0 Å². The molecule has 5 rings (SSSR count). The molecule has 0 N–H and O–H groups in total. The number of pyridine rings is 1. The molecule has 0 amide bonds. The van der Waals surface area contributed by atoms with Crippen LogP contribution in [0.2, 0.25) is 0 Å². The molecule has 0 aliphatic rings. The fraction of sp³-hybridized carbons (Fsp3) is 0. The molecule has 0 spiro atoms. The Morgan fingerprint density at radius 2 is 1.33 bits per heavy atom. The van der Waals surface area contributed by atoms with Crippen molar-refractivity contribution < 1.29 is 0 Å². The number of fused-ring (bicyclic) bond motifs is 2. The fourth-order valence-corrected chi connectivity index (χ4v) is 3.51. The van der Waals surface area contributed by atoms with Gasteiger partial charge in [-0.3, -0.25) is 9.98 Å². The van der Waals surface area contributed by atoms with E-state index in [1.165, 1.54) is 21.5 Å². The van der Waals surface area contributed by atoms with Crippen LogP contribution in [-0.4, -0.2) is 11.2 Å². The molecular formula is C28H18N2. The Labute approximate surface area is 175 Å². The van der Waals surface area contributed by atoms with E-state index in [1.54, 1.807) is 12.4 Å². The van der Waals surface area contributed by atoms with Crippen LogP contribution in [-0.2, 0) is 0 Å². The van der Waals surface area contributed by atoms with E-state index in [1.807, 2.05) is 42.5 Å². The smallest absolute Gasteiger partial charge is 0.0812 e. The van der Waals surface area contributed by atoms with Gasteiger partial charge < -0.3 is 0 Å². The summed E-state index contributed by atoms with van der Waals surface area (Å²) in [5.41, 5.74) is 3.75. The van der Waals surface area contributed by atoms with Crippen molar-refractivity contribution in [2.45, 2.75) is 0 Å². The highest BCUT2D eigenvalue weighted by atomic mass is 14.8. The third-order valence-electron chi connectivity index (χ3n) is 5.00. The SMILES string of the molecule is C(#Cc1c2ccccc2cc2ccccc12)c1ccc(N=Cc2ccccn2)cc1. The van der Waals surface area contributed by atoms with Crippen molar-refractivity contribution in [2.75, 3.05) is 0 Å². The van der Waals surface area contributed by atoms with Gasteiger partial charge in [-0.15, -0.1) is 0 Å². The van der Waals surface area contributed by atoms with Crippen molar-refractivity contribution in [3.8, 4) is 11.8 Å². The second-order valence-corrected chi connectivity index (χ2v) is 7.00. The minimum absolute atomic E-state index is 0.837. The van der Waals surface area contributed by atoms with Crippen molar-refractivity contribution in [1.29, 1.82) is 0 Å². The number of benzene rings is 4. The second kappa shape index (κ2) is 8.03. The minimum Gasteiger partial charge on any atom is -0.255 e. The molecule has 0 saturated heterocycles. The Kier molecular flexibility index (Phi) is 4.78. The predicted molar refractivity (Wildman–Crippen MR) is 125 cm³/mol. The maximum absolute atomic E-state index is 4.48. The van der Waals surface area contributed by atoms with Crippen molar-refractivity contribution in [3.63, 3.8) is 0 Å². The Morgan fingerprint density at radius 1 is 0.667 bits per heavy atom. The van der Waals surface area contributed by atoms with Crippen LogP contribution in [0.5, 0.6) is 0 Å². The summed E-state index contributed by atoms with van der Waals surface area (Å²) in [7, 11) is 0. The van der Waals surface area contributed by atoms with Gasteiger partial charge in [0.1, 0.15) is 0 Å². The first-order valence-electron chi connectivity index (χ1n) is 9.84. The molecule has 0 aliphatic heterocycles. The summed E-state index contributed by atoms with van der Waals surface area (Å²) in [5, 5.41) is 4.78. The van der Waals surface area contributed by atoms with Gasteiger partial charge in [-0.05, 0) is 64.0 Å². The highest BCUT2D eigenvalue weighted by molar-refractivity contribution is 6.04. The first-order valence-corrected chi connectivity index (χ1v) is 9.84. The molecule has 1 heterocycles. The van der Waals surface area contributed by atoms with Gasteiger partial charge in [0, 0.05) is 17.3 Å². The lowest BCUT2D eigenvalue weighted by atomic mass is 9.97. The first kappa shape index (κ1) is 17.8. The van der Waals surface area contributed by atoms with Gasteiger partial charge in [-0.2, -0.15) is 0 Å². The Balaban J connectivity index is 1.49. The van der Waals surface area contributed by atoms with Crippen LogP contribution in [0.1, 0.15) is 16.8 Å². The van der Waals surface area contributed by atoms with E-state index >= 15 is 0 Å². The van der Waals surface area contributed by atoms with Crippen LogP contribution in [0, 0.1) is 11.8 Å². The summed E-state index contributed by atoms with van der Waals surface area (Å²) in [6.07, 6.45) is 3.53. The predicted octanol–water partition coefficient (Wildman–Crippen LogP) is 6.54. The molecule has 1 aromatic heterocycles. The number of aromatic nitrogens is 1. The molecule has 5 aromatic rings. The lowest BCUT2D eigenvalue weighted by molar-refractivity contribution is 1.30. The summed E-state index contributed by atoms with van der Waals surface area (Å²) in [6, 6.07) is 32.8. The van der Waals surface area contributed by atoms with Crippen LogP contribution >= 0.6 is 0 Å². The van der Waals surface area contributed by atoms with E-state index in [9.17, 15) is 0 Å². The molecule has 0 bridgehead atoms. The maximum Gasteiger partial charge on any atom is 0.0812 e. The Morgan fingerprint density at radius 3 is 2.00 bits per heavy atom. The summed E-state index contributed by atoms with van der Waals surface area (Å²) in [4.78, 5) is 8.73. The van der Waals surface area contributed by atoms with Gasteiger partial charge in [0.25, 0.3) is 0 Å². The minimum atomic E-state index is 0.837. The average molecular weight is 382 g/mol. The van der Waals surface area contributed by atoms with Crippen molar-refractivity contribution >= 4 is 33.4 Å². The zero-order valence-corrected chi connectivity index (χ0v) is 16.3. The molecule has 2 nitrogen and oxygen atoms in total. The molecular weight excluding hydrogens is 364 g/mol. The molecule has 0 fully saturated rings. The topological polar surface area (TPSA) is 25.2 Å². The lowest BCUT2D eigenvalue weighted by Gasteiger charge is -2.06. The molecule has 0 aliphatic carbocycles. The summed E-state index contributed by atoms with van der Waals surface area (Å²) < 4.78 is 0. The van der Waals surface area contributed by atoms with Gasteiger partial charge >= 0.3 is 0 Å². The molecule has 140 valence electrons. The van der Waals surface area contributed by atoms with E-state index < -0.39 is 0 Å². The van der Waals surface area contributed by atoms with Gasteiger partial charge in [0.2, 0.25) is 0 Å². The highest BCUT2D eigenvalue weighted by Gasteiger charge is 2.04. The van der Waals surface area contributed by atoms with Gasteiger partial charge in [-0.25, -0.2) is 0 Å². The number of aliphatic imine (C=N–C) groups is 1. The Bertz CT molecular complexity index is 1370. The molecule has 2 heteroatoms. The summed E-state index contributed by atoms with van der Waals surface area (Å²) in [5.74, 6) is 6.76. The lowest BCUT2D eigenvalue weighted by Crippen LogP contribution is -1.85. The normalized spacial score (nSPS) is 10.9. The zero-order valence-electron chi connectivity index (χ0n) is 16.3. The summed E-state index contributed by atoms with van der Waals surface area (Å²) >= 11 is 0. The van der Waals surface area contributed by atoms with Crippen LogP contribution in [0.4, 0.5) is 5.69 Å². The number of nitrogens with zero attached hydrogens (tertiary/aromatic N) is 2. The van der Waals surface area contributed by atoms with E-state index in [-0.39, 0.29) is 0 Å². The molecule has 4 aromatic carbocycles. The third-order valence-corrected chi connectivity index (χ3v) is 5.00. The standard InChI is InChI=1S/C28H18N2/c1-3-10-26-22(7-1)19-23-8-2-4-11-27(23)28(26)17-14-21-12-15-24(16-13-21)30-20-25-9-5-6-18-29-25/h1-13,15-16,18-20H. The maximum atomic E-state index is 4.48. The number of hydrogen-bond donors (Lipinski definition) is 0. The van der Waals surface area contributed by atoms with Crippen LogP contribution in [0.15, 0.2) is 108 Å². The quantitative estimate of drug-likeness (QED) is 0.193. The van der Waals surface area contributed by atoms with Gasteiger partial charge in [0.05, 0.1) is 17.6 Å². The molecule has 0 radical (unpaired) electrons. The van der Waals surface area contributed by atoms with Gasteiger partial charge in [-0.1, -0.05) is 66.4 Å².